The standard InChI is InChI=1S/C11H5BrClFO2S/c12-6-2-1-5(10(14)9(6)13)7-3-4-8(17-7)11(15)16/h1-4H,(H,15,16). The molecule has 1 N–H and O–H groups in total. The predicted molar refractivity (Wildman–Crippen MR) is 69.4 cm³/mol. The minimum Gasteiger partial charge on any atom is -0.477 e. The lowest BCUT2D eigenvalue weighted by Crippen LogP contribution is -1.89. The van der Waals surface area contributed by atoms with Crippen molar-refractivity contribution in [2.24, 2.45) is 0 Å². The van der Waals surface area contributed by atoms with E-state index in [1.54, 1.807) is 18.2 Å². The van der Waals surface area contributed by atoms with Crippen LogP contribution in [0.2, 0.25) is 5.02 Å². The van der Waals surface area contributed by atoms with Gasteiger partial charge in [-0.1, -0.05) is 11.6 Å². The average Bonchev–Trinajstić information content (AvgIpc) is 2.75. The van der Waals surface area contributed by atoms with Crippen molar-refractivity contribution >= 4 is 44.8 Å². The topological polar surface area (TPSA) is 37.3 Å². The Hall–Kier alpha value is -0.910. The lowest BCUT2D eigenvalue weighted by atomic mass is 10.2. The number of thiophene rings is 1. The molecular formula is C11H5BrClFO2S. The molecule has 0 saturated heterocycles. The Balaban J connectivity index is 2.53. The van der Waals surface area contributed by atoms with Gasteiger partial charge in [0, 0.05) is 14.9 Å². The molecular weight excluding hydrogens is 331 g/mol. The molecule has 0 radical (unpaired) electrons. The van der Waals surface area contributed by atoms with E-state index in [1.165, 1.54) is 6.07 Å². The van der Waals surface area contributed by atoms with Crippen molar-refractivity contribution in [3.63, 3.8) is 0 Å². The number of hydrogen-bond donors (Lipinski definition) is 1. The van der Waals surface area contributed by atoms with Crippen molar-refractivity contribution in [2.75, 3.05) is 0 Å². The van der Waals surface area contributed by atoms with E-state index in [4.69, 9.17) is 16.7 Å². The van der Waals surface area contributed by atoms with Gasteiger partial charge in [-0.25, -0.2) is 9.18 Å². The third kappa shape index (κ3) is 2.36. The Morgan fingerprint density at radius 3 is 2.65 bits per heavy atom. The van der Waals surface area contributed by atoms with Gasteiger partial charge in [0.05, 0.1) is 5.02 Å². The minimum absolute atomic E-state index is 0.00669. The molecule has 88 valence electrons. The van der Waals surface area contributed by atoms with Crippen LogP contribution in [0.15, 0.2) is 28.7 Å². The van der Waals surface area contributed by atoms with E-state index in [-0.39, 0.29) is 9.90 Å². The summed E-state index contributed by atoms with van der Waals surface area (Å²) in [6.07, 6.45) is 0. The fraction of sp³-hybridized carbons (Fsp3) is 0. The second-order valence-electron chi connectivity index (χ2n) is 3.19. The third-order valence-corrected chi connectivity index (χ3v) is 4.48. The summed E-state index contributed by atoms with van der Waals surface area (Å²) in [4.78, 5) is 11.4. The molecule has 1 aromatic heterocycles. The van der Waals surface area contributed by atoms with Gasteiger partial charge in [0.15, 0.2) is 5.82 Å². The Bertz CT molecular complexity index is 597. The predicted octanol–water partition coefficient (Wildman–Crippen LogP) is 4.67. The average molecular weight is 336 g/mol. The molecule has 0 aliphatic carbocycles. The van der Waals surface area contributed by atoms with Crippen molar-refractivity contribution < 1.29 is 14.3 Å². The number of aromatic carboxylic acids is 1. The Labute approximate surface area is 114 Å². The van der Waals surface area contributed by atoms with E-state index in [2.05, 4.69) is 15.9 Å². The summed E-state index contributed by atoms with van der Waals surface area (Å²) in [7, 11) is 0. The zero-order valence-corrected chi connectivity index (χ0v) is 11.4. The van der Waals surface area contributed by atoms with Gasteiger partial charge in [0.25, 0.3) is 0 Å². The molecule has 0 aliphatic heterocycles. The second-order valence-corrected chi connectivity index (χ2v) is 5.51. The molecule has 0 amide bonds. The van der Waals surface area contributed by atoms with E-state index in [9.17, 15) is 9.18 Å². The first-order chi connectivity index (χ1) is 8.00. The molecule has 2 rings (SSSR count). The fourth-order valence-corrected chi connectivity index (χ4v) is 2.65. The highest BCUT2D eigenvalue weighted by Gasteiger charge is 2.15. The molecule has 2 aromatic rings. The fourth-order valence-electron chi connectivity index (χ4n) is 1.31. The summed E-state index contributed by atoms with van der Waals surface area (Å²) in [6, 6.07) is 6.19. The van der Waals surface area contributed by atoms with Crippen LogP contribution in [-0.4, -0.2) is 11.1 Å². The maximum atomic E-state index is 13.9. The molecule has 0 atom stereocenters. The van der Waals surface area contributed by atoms with E-state index in [0.29, 0.717) is 14.9 Å². The highest BCUT2D eigenvalue weighted by atomic mass is 79.9. The summed E-state index contributed by atoms with van der Waals surface area (Å²) >= 11 is 9.90. The largest absolute Gasteiger partial charge is 0.477 e. The maximum absolute atomic E-state index is 13.9. The summed E-state index contributed by atoms with van der Waals surface area (Å²) in [5.74, 6) is -1.58. The van der Waals surface area contributed by atoms with Crippen molar-refractivity contribution in [3.8, 4) is 10.4 Å². The molecule has 6 heteroatoms. The zero-order chi connectivity index (χ0) is 12.6. The van der Waals surface area contributed by atoms with E-state index < -0.39 is 11.8 Å². The Kier molecular flexibility index (Phi) is 3.51. The quantitative estimate of drug-likeness (QED) is 0.810. The van der Waals surface area contributed by atoms with E-state index >= 15 is 0 Å². The van der Waals surface area contributed by atoms with Gasteiger partial charge in [0.2, 0.25) is 0 Å². The van der Waals surface area contributed by atoms with Crippen LogP contribution in [-0.2, 0) is 0 Å². The van der Waals surface area contributed by atoms with Gasteiger partial charge < -0.3 is 5.11 Å². The van der Waals surface area contributed by atoms with Gasteiger partial charge >= 0.3 is 5.97 Å². The van der Waals surface area contributed by atoms with Crippen molar-refractivity contribution in [3.05, 3.63) is 44.5 Å². The molecule has 2 nitrogen and oxygen atoms in total. The van der Waals surface area contributed by atoms with Crippen LogP contribution in [0.25, 0.3) is 10.4 Å². The van der Waals surface area contributed by atoms with Crippen LogP contribution in [0.4, 0.5) is 4.39 Å². The molecule has 0 bridgehead atoms. The highest BCUT2D eigenvalue weighted by molar-refractivity contribution is 9.10. The van der Waals surface area contributed by atoms with Crippen molar-refractivity contribution in [1.29, 1.82) is 0 Å². The molecule has 0 aliphatic rings. The first-order valence-corrected chi connectivity index (χ1v) is 6.46. The first kappa shape index (κ1) is 12.5. The summed E-state index contributed by atoms with van der Waals surface area (Å²) in [6.45, 7) is 0. The molecule has 1 aromatic carbocycles. The zero-order valence-electron chi connectivity index (χ0n) is 8.21. The second kappa shape index (κ2) is 4.76. The molecule has 0 spiro atoms. The molecule has 17 heavy (non-hydrogen) atoms. The Morgan fingerprint density at radius 1 is 1.35 bits per heavy atom. The van der Waals surface area contributed by atoms with Crippen molar-refractivity contribution in [2.45, 2.75) is 0 Å². The van der Waals surface area contributed by atoms with Gasteiger partial charge in [-0.15, -0.1) is 11.3 Å². The van der Waals surface area contributed by atoms with E-state index in [1.807, 2.05) is 0 Å². The maximum Gasteiger partial charge on any atom is 0.345 e. The smallest absolute Gasteiger partial charge is 0.345 e. The lowest BCUT2D eigenvalue weighted by Gasteiger charge is -2.03. The number of hydrogen-bond acceptors (Lipinski definition) is 2. The number of rotatable bonds is 2. The molecule has 0 saturated carbocycles. The summed E-state index contributed by atoms with van der Waals surface area (Å²) in [5, 5.41) is 8.79. The first-order valence-electron chi connectivity index (χ1n) is 4.47. The van der Waals surface area contributed by atoms with Gasteiger partial charge in [-0.3, -0.25) is 0 Å². The van der Waals surface area contributed by atoms with Gasteiger partial charge in [-0.2, -0.15) is 0 Å². The van der Waals surface area contributed by atoms with Crippen LogP contribution in [0, 0.1) is 5.82 Å². The molecule has 0 fully saturated rings. The van der Waals surface area contributed by atoms with Crippen LogP contribution in [0.1, 0.15) is 9.67 Å². The normalized spacial score (nSPS) is 10.5. The van der Waals surface area contributed by atoms with Crippen LogP contribution < -0.4 is 0 Å². The minimum atomic E-state index is -1.02. The van der Waals surface area contributed by atoms with Gasteiger partial charge in [-0.05, 0) is 40.2 Å². The number of benzene rings is 1. The lowest BCUT2D eigenvalue weighted by molar-refractivity contribution is 0.0702. The van der Waals surface area contributed by atoms with E-state index in [0.717, 1.165) is 11.3 Å². The van der Waals surface area contributed by atoms with Gasteiger partial charge in [0.1, 0.15) is 4.88 Å². The van der Waals surface area contributed by atoms with Crippen LogP contribution in [0.5, 0.6) is 0 Å². The Morgan fingerprint density at radius 2 is 2.06 bits per heavy atom. The molecule has 0 unspecified atom stereocenters. The monoisotopic (exact) mass is 334 g/mol. The highest BCUT2D eigenvalue weighted by Crippen LogP contribution is 2.36. The molecule has 1 heterocycles. The third-order valence-electron chi connectivity index (χ3n) is 2.12. The summed E-state index contributed by atoms with van der Waals surface area (Å²) in [5.41, 5.74) is 0.302. The number of carboxylic acids is 1. The number of carboxylic acid groups (broad SMARTS) is 1. The van der Waals surface area contributed by atoms with Crippen LogP contribution in [0.3, 0.4) is 0 Å². The van der Waals surface area contributed by atoms with Crippen molar-refractivity contribution in [1.82, 2.24) is 0 Å². The summed E-state index contributed by atoms with van der Waals surface area (Å²) < 4.78 is 14.3. The SMILES string of the molecule is O=C(O)c1ccc(-c2ccc(Br)c(Cl)c2F)s1. The number of carbonyl (C=O) groups is 1. The van der Waals surface area contributed by atoms with Crippen LogP contribution >= 0.6 is 38.9 Å². The number of halogens is 3.